The fourth-order valence-corrected chi connectivity index (χ4v) is 7.16. The zero-order valence-electron chi connectivity index (χ0n) is 20.9. The van der Waals surface area contributed by atoms with Gasteiger partial charge in [-0.3, -0.25) is 19.2 Å². The molecule has 13 heteroatoms. The van der Waals surface area contributed by atoms with Crippen molar-refractivity contribution in [1.82, 2.24) is 14.8 Å². The summed E-state index contributed by atoms with van der Waals surface area (Å²) in [5, 5.41) is 9.36. The number of carbonyl (C=O) groups excluding carboxylic acids is 4. The van der Waals surface area contributed by atoms with Gasteiger partial charge in [0.2, 0.25) is 16.1 Å². The van der Waals surface area contributed by atoms with Crippen molar-refractivity contribution >= 4 is 45.6 Å². The summed E-state index contributed by atoms with van der Waals surface area (Å²) in [6.07, 6.45) is 1.36. The molecule has 3 rings (SSSR count). The lowest BCUT2D eigenvalue weighted by atomic mass is 9.80. The van der Waals surface area contributed by atoms with Gasteiger partial charge >= 0.3 is 0 Å². The average molecular weight is 537 g/mol. The highest BCUT2D eigenvalue weighted by Gasteiger charge is 2.71. The Bertz CT molecular complexity index is 1110. The molecule has 0 N–H and O–H groups in total. The molecule has 0 aromatic carbocycles. The first-order valence-electron chi connectivity index (χ1n) is 10.9. The van der Waals surface area contributed by atoms with E-state index in [-0.39, 0.29) is 19.6 Å². The van der Waals surface area contributed by atoms with Crippen LogP contribution in [0.4, 0.5) is 0 Å². The van der Waals surface area contributed by atoms with Crippen LogP contribution in [0.1, 0.15) is 31.9 Å². The summed E-state index contributed by atoms with van der Waals surface area (Å²) in [5.74, 6) is -0.823. The molecule has 3 heterocycles. The highest BCUT2D eigenvalue weighted by molar-refractivity contribution is 8.16. The number of pyridine rings is 1. The third-order valence-corrected chi connectivity index (χ3v) is 8.80. The third kappa shape index (κ3) is 4.47. The highest BCUT2D eigenvalue weighted by atomic mass is 32.2. The molecule has 1 aromatic heterocycles. The standard InChI is InChI=1S/C23H28N4O7S2/c1-21(13-24)12-23(36-17(29)11-33-5)20(31)26(3)22(2,35-16(28)10-32-4)19(30)27(23)18(21)14-7-8-15(34-6)25-9-14/h7-9,18H,10-12H2,1-6H3/t18-,21+,22-,23?/m0/s1. The largest absolute Gasteiger partial charge is 0.481 e. The molecule has 0 aliphatic carbocycles. The van der Waals surface area contributed by atoms with Crippen LogP contribution in [0.25, 0.3) is 0 Å². The molecule has 0 radical (unpaired) electrons. The molecule has 0 spiro atoms. The molecule has 2 amide bonds. The van der Waals surface area contributed by atoms with Crippen molar-refractivity contribution in [3.05, 3.63) is 23.9 Å². The number of hydrogen-bond donors (Lipinski definition) is 0. The van der Waals surface area contributed by atoms with Gasteiger partial charge in [-0.15, -0.1) is 0 Å². The molecule has 4 atom stereocenters. The van der Waals surface area contributed by atoms with Crippen LogP contribution in [0.15, 0.2) is 18.3 Å². The smallest absolute Gasteiger partial charge is 0.261 e. The summed E-state index contributed by atoms with van der Waals surface area (Å²) in [4.78, 5) is 57.0. The highest BCUT2D eigenvalue weighted by Crippen LogP contribution is 2.62. The minimum Gasteiger partial charge on any atom is -0.481 e. The number of rotatable bonds is 8. The van der Waals surface area contributed by atoms with Crippen molar-refractivity contribution in [2.75, 3.05) is 41.6 Å². The molecule has 2 saturated heterocycles. The number of fused-ring (bicyclic) bond motifs is 1. The van der Waals surface area contributed by atoms with E-state index in [0.29, 0.717) is 35.0 Å². The first-order chi connectivity index (χ1) is 16.9. The lowest BCUT2D eigenvalue weighted by Crippen LogP contribution is -2.71. The number of likely N-dealkylation sites (N-methyl/N-ethyl adjacent to an activating group) is 1. The molecule has 2 aliphatic rings. The number of thioether (sulfide) groups is 2. The second kappa shape index (κ2) is 10.4. The molecule has 0 bridgehead atoms. The van der Waals surface area contributed by atoms with Crippen molar-refractivity contribution in [1.29, 1.82) is 5.26 Å². The molecule has 1 unspecified atom stereocenters. The maximum Gasteiger partial charge on any atom is 0.261 e. The van der Waals surface area contributed by atoms with Gasteiger partial charge in [-0.25, -0.2) is 4.98 Å². The van der Waals surface area contributed by atoms with Gasteiger partial charge in [-0.05, 0) is 49.0 Å². The third-order valence-electron chi connectivity index (χ3n) is 6.41. The number of aromatic nitrogens is 1. The Morgan fingerprint density at radius 3 is 2.22 bits per heavy atom. The quantitative estimate of drug-likeness (QED) is 0.478. The molecule has 194 valence electrons. The topological polar surface area (TPSA) is 139 Å². The Morgan fingerprint density at radius 2 is 1.72 bits per heavy atom. The Balaban J connectivity index is 2.24. The maximum atomic E-state index is 14.3. The number of ether oxygens (including phenoxy) is 3. The van der Waals surface area contributed by atoms with Gasteiger partial charge in [-0.2, -0.15) is 5.26 Å². The van der Waals surface area contributed by atoms with E-state index in [1.165, 1.54) is 51.3 Å². The van der Waals surface area contributed by atoms with E-state index < -0.39 is 43.2 Å². The van der Waals surface area contributed by atoms with Gasteiger partial charge in [0, 0.05) is 40.0 Å². The number of methoxy groups -OCH3 is 3. The molecule has 0 saturated carbocycles. The number of carbonyl (C=O) groups is 4. The summed E-state index contributed by atoms with van der Waals surface area (Å²) in [5.41, 5.74) is -0.780. The molecule has 2 aliphatic heterocycles. The molecule has 36 heavy (non-hydrogen) atoms. The summed E-state index contributed by atoms with van der Waals surface area (Å²) >= 11 is 1.34. The first kappa shape index (κ1) is 27.9. The van der Waals surface area contributed by atoms with Crippen molar-refractivity contribution in [3.8, 4) is 11.9 Å². The van der Waals surface area contributed by atoms with Crippen LogP contribution < -0.4 is 4.74 Å². The molecule has 2 fully saturated rings. The van der Waals surface area contributed by atoms with E-state index in [9.17, 15) is 24.4 Å². The molecular weight excluding hydrogens is 508 g/mol. The second-order valence-electron chi connectivity index (χ2n) is 8.86. The van der Waals surface area contributed by atoms with Gasteiger partial charge in [0.1, 0.15) is 13.2 Å². The van der Waals surface area contributed by atoms with E-state index in [2.05, 4.69) is 11.1 Å². The Hall–Kier alpha value is -2.66. The summed E-state index contributed by atoms with van der Waals surface area (Å²) in [6, 6.07) is 4.60. The average Bonchev–Trinajstić information content (AvgIpc) is 3.11. The van der Waals surface area contributed by atoms with Crippen molar-refractivity contribution in [2.24, 2.45) is 5.41 Å². The van der Waals surface area contributed by atoms with Crippen LogP contribution in [-0.2, 0) is 28.7 Å². The first-order valence-corrected chi connectivity index (χ1v) is 12.5. The lowest BCUT2D eigenvalue weighted by Gasteiger charge is -2.52. The van der Waals surface area contributed by atoms with Crippen LogP contribution in [0.5, 0.6) is 5.88 Å². The van der Waals surface area contributed by atoms with Crippen molar-refractivity contribution in [2.45, 2.75) is 36.1 Å². The summed E-state index contributed by atoms with van der Waals surface area (Å²) < 4.78 is 15.0. The SMILES string of the molecule is COCC(=O)SC12C[C@](C)(C#N)[C@H](c3ccc(OC)nc3)N1C(=O)[C@](C)(SC(=O)COC)N(C)C2=O. The molecule has 1 aromatic rings. The monoisotopic (exact) mass is 536 g/mol. The predicted octanol–water partition coefficient (Wildman–Crippen LogP) is 1.59. The van der Waals surface area contributed by atoms with E-state index in [4.69, 9.17) is 14.2 Å². The zero-order valence-corrected chi connectivity index (χ0v) is 22.5. The van der Waals surface area contributed by atoms with Gasteiger partial charge in [-0.1, -0.05) is 0 Å². The van der Waals surface area contributed by atoms with Crippen LogP contribution in [0.2, 0.25) is 0 Å². The normalized spacial score (nSPS) is 29.6. The van der Waals surface area contributed by atoms with E-state index in [1.807, 2.05) is 0 Å². The Morgan fingerprint density at radius 1 is 1.11 bits per heavy atom. The van der Waals surface area contributed by atoms with Crippen molar-refractivity contribution in [3.63, 3.8) is 0 Å². The van der Waals surface area contributed by atoms with E-state index >= 15 is 0 Å². The second-order valence-corrected chi connectivity index (χ2v) is 11.7. The Labute approximate surface area is 217 Å². The maximum absolute atomic E-state index is 14.3. The van der Waals surface area contributed by atoms with Gasteiger partial charge in [0.15, 0.2) is 9.74 Å². The van der Waals surface area contributed by atoms with E-state index in [0.717, 1.165) is 0 Å². The number of nitrogens with zero attached hydrogens (tertiary/aromatic N) is 4. The minimum atomic E-state index is -1.72. The number of nitriles is 1. The van der Waals surface area contributed by atoms with Crippen molar-refractivity contribution < 1.29 is 33.4 Å². The van der Waals surface area contributed by atoms with Crippen LogP contribution in [0.3, 0.4) is 0 Å². The summed E-state index contributed by atoms with van der Waals surface area (Å²) in [7, 11) is 5.58. The van der Waals surface area contributed by atoms with Crippen LogP contribution in [0, 0.1) is 16.7 Å². The fraction of sp³-hybridized carbons (Fsp3) is 0.565. The number of piperazine rings is 1. The van der Waals surface area contributed by atoms with Gasteiger partial charge in [0.25, 0.3) is 11.8 Å². The lowest BCUT2D eigenvalue weighted by molar-refractivity contribution is -0.163. The van der Waals surface area contributed by atoms with Crippen LogP contribution >= 0.6 is 23.5 Å². The Kier molecular flexibility index (Phi) is 8.04. The molecular formula is C23H28N4O7S2. The zero-order chi connectivity index (χ0) is 26.9. The van der Waals surface area contributed by atoms with E-state index in [1.54, 1.807) is 19.1 Å². The predicted molar refractivity (Wildman–Crippen MR) is 132 cm³/mol. The fourth-order valence-electron chi connectivity index (χ4n) is 4.69. The molecule has 11 nitrogen and oxygen atoms in total. The minimum absolute atomic E-state index is 0.116. The number of amides is 2. The number of hydrogen-bond acceptors (Lipinski definition) is 11. The van der Waals surface area contributed by atoms with Crippen LogP contribution in [-0.4, -0.2) is 88.2 Å². The van der Waals surface area contributed by atoms with Gasteiger partial charge < -0.3 is 24.0 Å². The van der Waals surface area contributed by atoms with Gasteiger partial charge in [0.05, 0.1) is 24.6 Å². The summed E-state index contributed by atoms with van der Waals surface area (Å²) in [6.45, 7) is 2.57.